The van der Waals surface area contributed by atoms with Gasteiger partial charge in [-0.05, 0) is 30.0 Å². The lowest BCUT2D eigenvalue weighted by atomic mass is 10.0. The second kappa shape index (κ2) is 8.51. The topological polar surface area (TPSA) is 26.3 Å². The monoisotopic (exact) mass is 246 g/mol. The molecule has 1 rings (SSSR count). The minimum absolute atomic E-state index is 0.321. The predicted molar refractivity (Wildman–Crippen MR) is 75.3 cm³/mol. The third kappa shape index (κ3) is 5.67. The van der Waals surface area contributed by atoms with Crippen molar-refractivity contribution < 1.29 is 9.53 Å². The highest BCUT2D eigenvalue weighted by molar-refractivity contribution is 5.86. The number of aryl methyl sites for hydroxylation is 1. The summed E-state index contributed by atoms with van der Waals surface area (Å²) in [4.78, 5) is 10.9. The number of unbranched alkanes of at least 4 members (excludes halogenated alkanes) is 3. The molecule has 0 aliphatic carbocycles. The Bertz CT molecular complexity index is 377. The summed E-state index contributed by atoms with van der Waals surface area (Å²) in [7, 11) is 1.38. The van der Waals surface area contributed by atoms with Gasteiger partial charge in [-0.3, -0.25) is 0 Å². The van der Waals surface area contributed by atoms with E-state index in [9.17, 15) is 4.79 Å². The Kier molecular flexibility index (Phi) is 6.85. The summed E-state index contributed by atoms with van der Waals surface area (Å²) in [6, 6.07) is 8.33. The van der Waals surface area contributed by atoms with E-state index in [1.165, 1.54) is 44.4 Å². The first-order chi connectivity index (χ1) is 8.76. The summed E-state index contributed by atoms with van der Waals surface area (Å²) in [5.74, 6) is -0.321. The maximum atomic E-state index is 10.9. The van der Waals surface area contributed by atoms with Crippen LogP contribution in [0.2, 0.25) is 0 Å². The van der Waals surface area contributed by atoms with Crippen LogP contribution in [-0.2, 0) is 16.0 Å². The standard InChI is InChI=1S/C16H22O2/c1-3-4-5-6-7-14-8-10-15(11-9-14)12-13-16(17)18-2/h8-13H,3-7H2,1-2H3. The SMILES string of the molecule is CCCCCCc1ccc(C=CC(=O)OC)cc1. The van der Waals surface area contributed by atoms with Gasteiger partial charge in [0.1, 0.15) is 0 Å². The molecule has 0 aromatic heterocycles. The number of hydrogen-bond acceptors (Lipinski definition) is 2. The molecule has 0 amide bonds. The number of carbonyl (C=O) groups is 1. The zero-order valence-electron chi connectivity index (χ0n) is 11.3. The molecule has 0 radical (unpaired) electrons. The number of esters is 1. The fraction of sp³-hybridized carbons (Fsp3) is 0.438. The van der Waals surface area contributed by atoms with Gasteiger partial charge >= 0.3 is 5.97 Å². The number of rotatable bonds is 7. The molecule has 2 heteroatoms. The minimum atomic E-state index is -0.321. The maximum Gasteiger partial charge on any atom is 0.330 e. The van der Waals surface area contributed by atoms with Gasteiger partial charge in [0, 0.05) is 6.08 Å². The van der Waals surface area contributed by atoms with Crippen molar-refractivity contribution in [2.24, 2.45) is 0 Å². The smallest absolute Gasteiger partial charge is 0.330 e. The molecule has 18 heavy (non-hydrogen) atoms. The van der Waals surface area contributed by atoms with Gasteiger partial charge in [0.15, 0.2) is 0 Å². The largest absolute Gasteiger partial charge is 0.466 e. The van der Waals surface area contributed by atoms with Gasteiger partial charge in [-0.1, -0.05) is 50.5 Å². The molecule has 0 unspecified atom stereocenters. The van der Waals surface area contributed by atoms with E-state index in [0.717, 1.165) is 12.0 Å². The molecular formula is C16H22O2. The Hall–Kier alpha value is -1.57. The van der Waals surface area contributed by atoms with Crippen LogP contribution in [0.1, 0.15) is 43.7 Å². The van der Waals surface area contributed by atoms with Crippen molar-refractivity contribution in [1.29, 1.82) is 0 Å². The summed E-state index contributed by atoms with van der Waals surface area (Å²) in [5, 5.41) is 0. The van der Waals surface area contributed by atoms with Crippen LogP contribution in [0, 0.1) is 0 Å². The van der Waals surface area contributed by atoms with Crippen molar-refractivity contribution in [2.45, 2.75) is 39.0 Å². The van der Waals surface area contributed by atoms with E-state index in [0.29, 0.717) is 0 Å². The first kappa shape index (κ1) is 14.5. The normalized spacial score (nSPS) is 10.8. The van der Waals surface area contributed by atoms with Gasteiger partial charge in [0.2, 0.25) is 0 Å². The highest BCUT2D eigenvalue weighted by Crippen LogP contribution is 2.10. The molecule has 0 atom stereocenters. The van der Waals surface area contributed by atoms with Crippen molar-refractivity contribution in [3.8, 4) is 0 Å². The lowest BCUT2D eigenvalue weighted by Crippen LogP contribution is -1.93. The minimum Gasteiger partial charge on any atom is -0.466 e. The number of ether oxygens (including phenoxy) is 1. The zero-order valence-corrected chi connectivity index (χ0v) is 11.3. The van der Waals surface area contributed by atoms with Crippen LogP contribution in [0.3, 0.4) is 0 Å². The van der Waals surface area contributed by atoms with Crippen LogP contribution in [0.15, 0.2) is 30.3 Å². The molecule has 0 heterocycles. The molecule has 0 fully saturated rings. The Morgan fingerprint density at radius 1 is 1.17 bits per heavy atom. The molecular weight excluding hydrogens is 224 g/mol. The van der Waals surface area contributed by atoms with E-state index in [-0.39, 0.29) is 5.97 Å². The van der Waals surface area contributed by atoms with E-state index < -0.39 is 0 Å². The quantitative estimate of drug-likeness (QED) is 0.413. The lowest BCUT2D eigenvalue weighted by molar-refractivity contribution is -0.134. The second-order valence-corrected chi connectivity index (χ2v) is 4.41. The number of methoxy groups -OCH3 is 1. The number of carbonyl (C=O) groups excluding carboxylic acids is 1. The average molecular weight is 246 g/mol. The highest BCUT2D eigenvalue weighted by Gasteiger charge is 1.95. The summed E-state index contributed by atoms with van der Waals surface area (Å²) in [6.45, 7) is 2.22. The Morgan fingerprint density at radius 3 is 2.50 bits per heavy atom. The predicted octanol–water partition coefficient (Wildman–Crippen LogP) is 4.00. The first-order valence-corrected chi connectivity index (χ1v) is 6.61. The van der Waals surface area contributed by atoms with E-state index in [1.807, 2.05) is 12.1 Å². The molecule has 0 saturated heterocycles. The average Bonchev–Trinajstić information content (AvgIpc) is 2.42. The number of hydrogen-bond donors (Lipinski definition) is 0. The van der Waals surface area contributed by atoms with Crippen LogP contribution >= 0.6 is 0 Å². The first-order valence-electron chi connectivity index (χ1n) is 6.61. The van der Waals surface area contributed by atoms with Crippen LogP contribution in [0.25, 0.3) is 6.08 Å². The van der Waals surface area contributed by atoms with E-state index in [1.54, 1.807) is 6.08 Å². The Labute approximate surface area is 110 Å². The van der Waals surface area contributed by atoms with Crippen LogP contribution in [0.4, 0.5) is 0 Å². The summed E-state index contributed by atoms with van der Waals surface area (Å²) >= 11 is 0. The molecule has 0 aliphatic rings. The Balaban J connectivity index is 2.42. The summed E-state index contributed by atoms with van der Waals surface area (Å²) in [6.07, 6.45) is 9.51. The van der Waals surface area contributed by atoms with Crippen molar-refractivity contribution in [3.05, 3.63) is 41.5 Å². The van der Waals surface area contributed by atoms with Gasteiger partial charge < -0.3 is 4.74 Å². The molecule has 1 aromatic rings. The van der Waals surface area contributed by atoms with E-state index in [2.05, 4.69) is 23.8 Å². The summed E-state index contributed by atoms with van der Waals surface area (Å²) in [5.41, 5.74) is 2.39. The van der Waals surface area contributed by atoms with Crippen molar-refractivity contribution in [1.82, 2.24) is 0 Å². The fourth-order valence-corrected chi connectivity index (χ4v) is 1.78. The van der Waals surface area contributed by atoms with Gasteiger partial charge in [-0.25, -0.2) is 4.79 Å². The van der Waals surface area contributed by atoms with Crippen molar-refractivity contribution in [3.63, 3.8) is 0 Å². The third-order valence-electron chi connectivity index (χ3n) is 2.91. The molecule has 0 bridgehead atoms. The van der Waals surface area contributed by atoms with Gasteiger partial charge in [0.05, 0.1) is 7.11 Å². The second-order valence-electron chi connectivity index (χ2n) is 4.41. The fourth-order valence-electron chi connectivity index (χ4n) is 1.78. The summed E-state index contributed by atoms with van der Waals surface area (Å²) < 4.78 is 4.55. The lowest BCUT2D eigenvalue weighted by Gasteiger charge is -2.01. The van der Waals surface area contributed by atoms with Crippen LogP contribution in [0.5, 0.6) is 0 Å². The molecule has 0 N–H and O–H groups in total. The van der Waals surface area contributed by atoms with Crippen LogP contribution < -0.4 is 0 Å². The molecule has 98 valence electrons. The molecule has 0 aliphatic heterocycles. The Morgan fingerprint density at radius 2 is 1.89 bits per heavy atom. The number of benzene rings is 1. The highest BCUT2D eigenvalue weighted by atomic mass is 16.5. The third-order valence-corrected chi connectivity index (χ3v) is 2.91. The molecule has 2 nitrogen and oxygen atoms in total. The van der Waals surface area contributed by atoms with Gasteiger partial charge in [-0.2, -0.15) is 0 Å². The van der Waals surface area contributed by atoms with Crippen LogP contribution in [-0.4, -0.2) is 13.1 Å². The van der Waals surface area contributed by atoms with Gasteiger partial charge in [0.25, 0.3) is 0 Å². The maximum absolute atomic E-state index is 10.9. The van der Waals surface area contributed by atoms with Crippen molar-refractivity contribution >= 4 is 12.0 Å². The van der Waals surface area contributed by atoms with Crippen molar-refractivity contribution in [2.75, 3.05) is 7.11 Å². The zero-order chi connectivity index (χ0) is 13.2. The van der Waals surface area contributed by atoms with E-state index >= 15 is 0 Å². The molecule has 0 saturated carbocycles. The molecule has 1 aromatic carbocycles. The van der Waals surface area contributed by atoms with Gasteiger partial charge in [-0.15, -0.1) is 0 Å². The molecule has 0 spiro atoms. The van der Waals surface area contributed by atoms with E-state index in [4.69, 9.17) is 0 Å².